The molecule has 0 saturated carbocycles. The third kappa shape index (κ3) is 5.21. The first-order chi connectivity index (χ1) is 14.2. The van der Waals surface area contributed by atoms with Crippen LogP contribution in [0.1, 0.15) is 30.4 Å². The average Bonchev–Trinajstić information content (AvgIpc) is 3.10. The van der Waals surface area contributed by atoms with Crippen LogP contribution in [0.15, 0.2) is 42.5 Å². The number of ether oxygens (including phenoxy) is 3. The Morgan fingerprint density at radius 1 is 1.03 bits per heavy atom. The van der Waals surface area contributed by atoms with Gasteiger partial charge >= 0.3 is 0 Å². The summed E-state index contributed by atoms with van der Waals surface area (Å²) >= 11 is 0. The fourth-order valence-electron chi connectivity index (χ4n) is 3.85. The molecule has 1 aliphatic rings. The molecule has 1 aliphatic heterocycles. The standard InChI is InChI=1S/C23H30N2O4/c1-27-19-7-4-6-17(14-19)15-24-13-12-18-10-11-23(26)25(18)16-20-21(28-2)8-5-9-22(20)29-3/h4-9,14,18,24H,10-13,15-16H2,1-3H3. The van der Waals surface area contributed by atoms with Crippen molar-refractivity contribution in [2.24, 2.45) is 0 Å². The lowest BCUT2D eigenvalue weighted by Crippen LogP contribution is -2.34. The molecule has 3 rings (SSSR count). The van der Waals surface area contributed by atoms with Gasteiger partial charge in [-0.2, -0.15) is 0 Å². The maximum Gasteiger partial charge on any atom is 0.223 e. The lowest BCUT2D eigenvalue weighted by atomic mass is 10.1. The van der Waals surface area contributed by atoms with Gasteiger partial charge in [0, 0.05) is 19.0 Å². The van der Waals surface area contributed by atoms with E-state index in [9.17, 15) is 4.79 Å². The molecule has 1 amide bonds. The number of nitrogens with one attached hydrogen (secondary N) is 1. The lowest BCUT2D eigenvalue weighted by molar-refractivity contribution is -0.129. The van der Waals surface area contributed by atoms with Crippen molar-refractivity contribution < 1.29 is 19.0 Å². The maximum absolute atomic E-state index is 12.5. The molecule has 0 spiro atoms. The number of nitrogens with zero attached hydrogens (tertiary/aromatic N) is 1. The van der Waals surface area contributed by atoms with Crippen molar-refractivity contribution in [2.75, 3.05) is 27.9 Å². The first kappa shape index (κ1) is 21.0. The van der Waals surface area contributed by atoms with Crippen LogP contribution < -0.4 is 19.5 Å². The van der Waals surface area contributed by atoms with Crippen molar-refractivity contribution in [3.05, 3.63) is 53.6 Å². The Hall–Kier alpha value is -2.73. The van der Waals surface area contributed by atoms with E-state index in [0.717, 1.165) is 48.7 Å². The molecule has 0 aliphatic carbocycles. The van der Waals surface area contributed by atoms with Crippen molar-refractivity contribution in [3.8, 4) is 17.2 Å². The molecule has 156 valence electrons. The maximum atomic E-state index is 12.5. The summed E-state index contributed by atoms with van der Waals surface area (Å²) in [6.45, 7) is 2.12. The molecule has 6 nitrogen and oxygen atoms in total. The molecule has 6 heteroatoms. The van der Waals surface area contributed by atoms with E-state index in [4.69, 9.17) is 14.2 Å². The number of benzene rings is 2. The van der Waals surface area contributed by atoms with E-state index in [-0.39, 0.29) is 11.9 Å². The predicted molar refractivity (Wildman–Crippen MR) is 112 cm³/mol. The number of carbonyl (C=O) groups excluding carboxylic acids is 1. The van der Waals surface area contributed by atoms with E-state index in [0.29, 0.717) is 13.0 Å². The van der Waals surface area contributed by atoms with Crippen LogP contribution in [-0.4, -0.2) is 44.7 Å². The van der Waals surface area contributed by atoms with E-state index in [1.165, 1.54) is 5.56 Å². The third-order valence-corrected chi connectivity index (χ3v) is 5.43. The van der Waals surface area contributed by atoms with E-state index < -0.39 is 0 Å². The number of hydrogen-bond acceptors (Lipinski definition) is 5. The van der Waals surface area contributed by atoms with Crippen molar-refractivity contribution in [1.29, 1.82) is 0 Å². The van der Waals surface area contributed by atoms with Gasteiger partial charge in [-0.1, -0.05) is 18.2 Å². The summed E-state index contributed by atoms with van der Waals surface area (Å²) in [6.07, 6.45) is 2.39. The average molecular weight is 399 g/mol. The molecule has 1 atom stereocenters. The molecule has 1 unspecified atom stereocenters. The molecular weight excluding hydrogens is 368 g/mol. The summed E-state index contributed by atoms with van der Waals surface area (Å²) < 4.78 is 16.3. The fourth-order valence-corrected chi connectivity index (χ4v) is 3.85. The molecule has 2 aromatic carbocycles. The van der Waals surface area contributed by atoms with Gasteiger partial charge in [0.1, 0.15) is 17.2 Å². The van der Waals surface area contributed by atoms with E-state index in [1.54, 1.807) is 21.3 Å². The first-order valence-electron chi connectivity index (χ1n) is 9.99. The van der Waals surface area contributed by atoms with Crippen LogP contribution in [0.25, 0.3) is 0 Å². The van der Waals surface area contributed by atoms with Gasteiger partial charge in [-0.3, -0.25) is 4.79 Å². The van der Waals surface area contributed by atoms with Crippen molar-refractivity contribution in [1.82, 2.24) is 10.2 Å². The van der Waals surface area contributed by atoms with Crippen LogP contribution in [-0.2, 0) is 17.9 Å². The van der Waals surface area contributed by atoms with E-state index in [1.807, 2.05) is 41.3 Å². The van der Waals surface area contributed by atoms with Crippen molar-refractivity contribution in [2.45, 2.75) is 38.4 Å². The fraction of sp³-hybridized carbons (Fsp3) is 0.435. The number of hydrogen-bond donors (Lipinski definition) is 1. The second-order valence-corrected chi connectivity index (χ2v) is 7.17. The zero-order chi connectivity index (χ0) is 20.6. The quantitative estimate of drug-likeness (QED) is 0.622. The first-order valence-corrected chi connectivity index (χ1v) is 9.99. The second kappa shape index (κ2) is 10.2. The van der Waals surface area contributed by atoms with Crippen LogP contribution in [0.4, 0.5) is 0 Å². The van der Waals surface area contributed by atoms with Gasteiger partial charge in [0.25, 0.3) is 0 Å². The largest absolute Gasteiger partial charge is 0.497 e. The molecule has 0 bridgehead atoms. The van der Waals surface area contributed by atoms with Gasteiger partial charge in [-0.05, 0) is 49.2 Å². The Kier molecular flexibility index (Phi) is 7.36. The van der Waals surface area contributed by atoms with Gasteiger partial charge in [0.2, 0.25) is 5.91 Å². The molecule has 1 fully saturated rings. The minimum absolute atomic E-state index is 0.191. The zero-order valence-electron chi connectivity index (χ0n) is 17.4. The van der Waals surface area contributed by atoms with E-state index >= 15 is 0 Å². The highest BCUT2D eigenvalue weighted by Gasteiger charge is 2.31. The Labute approximate surface area is 172 Å². The monoisotopic (exact) mass is 398 g/mol. The Morgan fingerprint density at radius 2 is 1.76 bits per heavy atom. The van der Waals surface area contributed by atoms with Gasteiger partial charge in [-0.15, -0.1) is 0 Å². The van der Waals surface area contributed by atoms with Crippen LogP contribution in [0, 0.1) is 0 Å². The van der Waals surface area contributed by atoms with Crippen molar-refractivity contribution >= 4 is 5.91 Å². The molecule has 1 N–H and O–H groups in total. The smallest absolute Gasteiger partial charge is 0.223 e. The summed E-state index contributed by atoms with van der Waals surface area (Å²) in [5.41, 5.74) is 2.10. The summed E-state index contributed by atoms with van der Waals surface area (Å²) in [7, 11) is 4.96. The number of methoxy groups -OCH3 is 3. The summed E-state index contributed by atoms with van der Waals surface area (Å²) in [6, 6.07) is 14.0. The molecule has 1 heterocycles. The van der Waals surface area contributed by atoms with Crippen LogP contribution >= 0.6 is 0 Å². The highest BCUT2D eigenvalue weighted by molar-refractivity contribution is 5.79. The Bertz CT molecular complexity index is 802. The molecule has 1 saturated heterocycles. The lowest BCUT2D eigenvalue weighted by Gasteiger charge is -2.26. The highest BCUT2D eigenvalue weighted by Crippen LogP contribution is 2.33. The minimum Gasteiger partial charge on any atom is -0.497 e. The SMILES string of the molecule is COc1cccc(CNCCC2CCC(=O)N2Cc2c(OC)cccc2OC)c1. The number of amides is 1. The Morgan fingerprint density at radius 3 is 2.45 bits per heavy atom. The predicted octanol–water partition coefficient (Wildman–Crippen LogP) is 3.38. The second-order valence-electron chi connectivity index (χ2n) is 7.17. The van der Waals surface area contributed by atoms with Crippen LogP contribution in [0.5, 0.6) is 17.2 Å². The normalized spacial score (nSPS) is 16.2. The minimum atomic E-state index is 0.191. The molecule has 0 radical (unpaired) electrons. The zero-order valence-corrected chi connectivity index (χ0v) is 17.4. The molecular formula is C23H30N2O4. The van der Waals surface area contributed by atoms with E-state index in [2.05, 4.69) is 11.4 Å². The number of carbonyl (C=O) groups is 1. The van der Waals surface area contributed by atoms with Gasteiger partial charge in [0.15, 0.2) is 0 Å². The van der Waals surface area contributed by atoms with Gasteiger partial charge in [-0.25, -0.2) is 0 Å². The number of likely N-dealkylation sites (tertiary alicyclic amines) is 1. The van der Waals surface area contributed by atoms with Crippen LogP contribution in [0.3, 0.4) is 0 Å². The molecule has 0 aromatic heterocycles. The summed E-state index contributed by atoms with van der Waals surface area (Å²) in [4.78, 5) is 14.5. The summed E-state index contributed by atoms with van der Waals surface area (Å²) in [5, 5.41) is 3.48. The topological polar surface area (TPSA) is 60.0 Å². The third-order valence-electron chi connectivity index (χ3n) is 5.43. The molecule has 2 aromatic rings. The van der Waals surface area contributed by atoms with Crippen LogP contribution in [0.2, 0.25) is 0 Å². The number of rotatable bonds is 10. The summed E-state index contributed by atoms with van der Waals surface area (Å²) in [5.74, 6) is 2.55. The van der Waals surface area contributed by atoms with Crippen molar-refractivity contribution in [3.63, 3.8) is 0 Å². The Balaban J connectivity index is 1.58. The molecule has 29 heavy (non-hydrogen) atoms. The van der Waals surface area contributed by atoms with Gasteiger partial charge < -0.3 is 24.4 Å². The van der Waals surface area contributed by atoms with Gasteiger partial charge in [0.05, 0.1) is 33.4 Å². The highest BCUT2D eigenvalue weighted by atomic mass is 16.5.